The molecule has 0 bridgehead atoms. The van der Waals surface area contributed by atoms with E-state index in [1.54, 1.807) is 13.0 Å². The zero-order valence-electron chi connectivity index (χ0n) is 15.4. The molecule has 8 heteroatoms. The molecule has 0 spiro atoms. The summed E-state index contributed by atoms with van der Waals surface area (Å²) >= 11 is 1.26. The summed E-state index contributed by atoms with van der Waals surface area (Å²) < 4.78 is 5.08. The van der Waals surface area contributed by atoms with E-state index in [9.17, 15) is 14.4 Å². The molecule has 1 aromatic heterocycles. The molecule has 1 unspecified atom stereocenters. The molecule has 0 radical (unpaired) electrons. The molecule has 1 atom stereocenters. The number of carbonyl (C=O) groups is 3. The first-order valence-corrected chi connectivity index (χ1v) is 9.26. The quantitative estimate of drug-likeness (QED) is 0.702. The summed E-state index contributed by atoms with van der Waals surface area (Å²) in [5.74, 6) is -2.20. The smallest absolute Gasteiger partial charge is 0.341 e. The number of hydrogen-bond acceptors (Lipinski definition) is 5. The number of carbonyl (C=O) groups excluding carboxylic acids is 2. The second-order valence-corrected chi connectivity index (χ2v) is 7.04. The van der Waals surface area contributed by atoms with Crippen molar-refractivity contribution in [2.45, 2.75) is 13.8 Å². The Labute approximate surface area is 161 Å². The lowest BCUT2D eigenvalue weighted by molar-refractivity contribution is -0.141. The minimum absolute atomic E-state index is 0.0484. The number of nitrogens with zero attached hydrogens (tertiary/aromatic N) is 1. The number of anilines is 1. The van der Waals surface area contributed by atoms with Gasteiger partial charge in [0.2, 0.25) is 0 Å². The number of amides is 2. The Morgan fingerprint density at radius 3 is 2.52 bits per heavy atom. The summed E-state index contributed by atoms with van der Waals surface area (Å²) in [7, 11) is 1.50. The summed E-state index contributed by atoms with van der Waals surface area (Å²) in [6.07, 6.45) is 0. The van der Waals surface area contributed by atoms with E-state index in [4.69, 9.17) is 9.84 Å². The van der Waals surface area contributed by atoms with Gasteiger partial charge in [0, 0.05) is 18.5 Å². The van der Waals surface area contributed by atoms with Gasteiger partial charge in [0.15, 0.2) is 0 Å². The summed E-state index contributed by atoms with van der Waals surface area (Å²) in [6.45, 7) is 3.50. The molecule has 2 rings (SSSR count). The number of ether oxygens (including phenoxy) is 1. The Morgan fingerprint density at radius 1 is 1.26 bits per heavy atom. The minimum Gasteiger partial charge on any atom is -0.481 e. The monoisotopic (exact) mass is 390 g/mol. The predicted molar refractivity (Wildman–Crippen MR) is 104 cm³/mol. The van der Waals surface area contributed by atoms with Crippen LogP contribution in [0.4, 0.5) is 9.80 Å². The van der Waals surface area contributed by atoms with Crippen LogP contribution in [-0.2, 0) is 9.53 Å². The SMILES string of the molecule is CCOC(=O)c1cc(-c2ccccc2)sc1NC(=O)N(C)CC(C)C(=O)O. The second kappa shape index (κ2) is 9.18. The molecule has 27 heavy (non-hydrogen) atoms. The van der Waals surface area contributed by atoms with Crippen molar-refractivity contribution >= 4 is 34.3 Å². The van der Waals surface area contributed by atoms with Crippen molar-refractivity contribution in [3.63, 3.8) is 0 Å². The highest BCUT2D eigenvalue weighted by molar-refractivity contribution is 7.20. The first-order valence-electron chi connectivity index (χ1n) is 8.44. The van der Waals surface area contributed by atoms with E-state index < -0.39 is 23.9 Å². The fourth-order valence-electron chi connectivity index (χ4n) is 2.35. The number of aliphatic carboxylic acids is 1. The van der Waals surface area contributed by atoms with Gasteiger partial charge in [-0.25, -0.2) is 9.59 Å². The van der Waals surface area contributed by atoms with Crippen molar-refractivity contribution in [3.8, 4) is 10.4 Å². The molecule has 0 saturated carbocycles. The van der Waals surface area contributed by atoms with Crippen LogP contribution < -0.4 is 5.32 Å². The van der Waals surface area contributed by atoms with Crippen molar-refractivity contribution in [3.05, 3.63) is 42.0 Å². The van der Waals surface area contributed by atoms with Crippen molar-refractivity contribution < 1.29 is 24.2 Å². The van der Waals surface area contributed by atoms with Crippen LogP contribution in [-0.4, -0.2) is 48.2 Å². The van der Waals surface area contributed by atoms with Gasteiger partial charge in [-0.05, 0) is 18.6 Å². The maximum absolute atomic E-state index is 12.4. The van der Waals surface area contributed by atoms with Crippen molar-refractivity contribution in [1.29, 1.82) is 0 Å². The third-order valence-corrected chi connectivity index (χ3v) is 4.92. The van der Waals surface area contributed by atoms with Crippen molar-refractivity contribution in [1.82, 2.24) is 4.90 Å². The molecule has 7 nitrogen and oxygen atoms in total. The maximum Gasteiger partial charge on any atom is 0.341 e. The zero-order chi connectivity index (χ0) is 20.0. The van der Waals surface area contributed by atoms with E-state index in [1.807, 2.05) is 30.3 Å². The second-order valence-electron chi connectivity index (χ2n) is 5.99. The number of thiophene rings is 1. The lowest BCUT2D eigenvalue weighted by Gasteiger charge is -2.19. The lowest BCUT2D eigenvalue weighted by Crippen LogP contribution is -2.36. The van der Waals surface area contributed by atoms with Crippen LogP contribution in [0.5, 0.6) is 0 Å². The number of hydrogen-bond donors (Lipinski definition) is 2. The average Bonchev–Trinajstić information content (AvgIpc) is 3.06. The van der Waals surface area contributed by atoms with Gasteiger partial charge >= 0.3 is 18.0 Å². The summed E-state index contributed by atoms with van der Waals surface area (Å²) in [5, 5.41) is 12.1. The summed E-state index contributed by atoms with van der Waals surface area (Å²) in [5.41, 5.74) is 1.19. The first-order chi connectivity index (χ1) is 12.8. The normalized spacial score (nSPS) is 11.5. The number of carboxylic acid groups (broad SMARTS) is 1. The Kier molecular flexibility index (Phi) is 6.95. The Bertz CT molecular complexity index is 819. The van der Waals surface area contributed by atoms with Gasteiger partial charge in [-0.1, -0.05) is 37.3 Å². The number of rotatable bonds is 7. The van der Waals surface area contributed by atoms with E-state index in [1.165, 1.54) is 30.2 Å². The number of benzene rings is 1. The van der Waals surface area contributed by atoms with Crippen LogP contribution in [0.1, 0.15) is 24.2 Å². The van der Waals surface area contributed by atoms with Gasteiger partial charge in [-0.15, -0.1) is 11.3 Å². The van der Waals surface area contributed by atoms with Crippen LogP contribution in [0.15, 0.2) is 36.4 Å². The molecular formula is C19H22N2O5S. The topological polar surface area (TPSA) is 95.9 Å². The molecule has 2 N–H and O–H groups in total. The van der Waals surface area contributed by atoms with Crippen molar-refractivity contribution in [2.75, 3.05) is 25.5 Å². The van der Waals surface area contributed by atoms with E-state index in [2.05, 4.69) is 5.32 Å². The van der Waals surface area contributed by atoms with Gasteiger partial charge < -0.3 is 14.7 Å². The molecule has 0 aliphatic rings. The summed E-state index contributed by atoms with van der Waals surface area (Å²) in [6, 6.07) is 10.7. The fraction of sp³-hybridized carbons (Fsp3) is 0.316. The Morgan fingerprint density at radius 2 is 1.93 bits per heavy atom. The Balaban J connectivity index is 2.25. The largest absolute Gasteiger partial charge is 0.481 e. The molecule has 0 saturated heterocycles. The zero-order valence-corrected chi connectivity index (χ0v) is 16.2. The summed E-state index contributed by atoms with van der Waals surface area (Å²) in [4.78, 5) is 37.8. The van der Waals surface area contributed by atoms with E-state index >= 15 is 0 Å². The molecule has 144 valence electrons. The number of carboxylic acids is 1. The fourth-order valence-corrected chi connectivity index (χ4v) is 3.39. The van der Waals surface area contributed by atoms with Crippen molar-refractivity contribution in [2.24, 2.45) is 5.92 Å². The molecular weight excluding hydrogens is 368 g/mol. The maximum atomic E-state index is 12.4. The van der Waals surface area contributed by atoms with E-state index in [-0.39, 0.29) is 18.7 Å². The van der Waals surface area contributed by atoms with Crippen LogP contribution >= 0.6 is 11.3 Å². The van der Waals surface area contributed by atoms with Gasteiger partial charge in [0.05, 0.1) is 18.1 Å². The highest BCUT2D eigenvalue weighted by atomic mass is 32.1. The molecule has 0 aliphatic carbocycles. The van der Waals surface area contributed by atoms with E-state index in [0.717, 1.165) is 10.4 Å². The molecule has 2 aromatic rings. The minimum atomic E-state index is -0.982. The molecule has 2 amide bonds. The van der Waals surface area contributed by atoms with Gasteiger partial charge in [0.1, 0.15) is 5.00 Å². The lowest BCUT2D eigenvalue weighted by atomic mass is 10.1. The predicted octanol–water partition coefficient (Wildman–Crippen LogP) is 3.78. The number of nitrogens with one attached hydrogen (secondary N) is 1. The third kappa shape index (κ3) is 5.30. The molecule has 0 aliphatic heterocycles. The molecule has 1 heterocycles. The van der Waals surface area contributed by atoms with Crippen LogP contribution in [0, 0.1) is 5.92 Å². The molecule has 0 fully saturated rings. The first kappa shape index (κ1) is 20.4. The van der Waals surface area contributed by atoms with E-state index in [0.29, 0.717) is 5.00 Å². The number of urea groups is 1. The average molecular weight is 390 g/mol. The highest BCUT2D eigenvalue weighted by Crippen LogP contribution is 2.36. The number of esters is 1. The Hall–Kier alpha value is -2.87. The highest BCUT2D eigenvalue weighted by Gasteiger charge is 2.22. The van der Waals surface area contributed by atoms with Gasteiger partial charge in [0.25, 0.3) is 0 Å². The van der Waals surface area contributed by atoms with Gasteiger partial charge in [-0.2, -0.15) is 0 Å². The standard InChI is InChI=1S/C19H22N2O5S/c1-4-26-18(24)14-10-15(13-8-6-5-7-9-13)27-16(14)20-19(25)21(3)11-12(2)17(22)23/h5-10,12H,4,11H2,1-3H3,(H,20,25)(H,22,23). The van der Waals surface area contributed by atoms with Gasteiger partial charge in [-0.3, -0.25) is 10.1 Å². The van der Waals surface area contributed by atoms with Crippen LogP contribution in [0.25, 0.3) is 10.4 Å². The molecule has 1 aromatic carbocycles. The van der Waals surface area contributed by atoms with Crippen LogP contribution in [0.2, 0.25) is 0 Å². The van der Waals surface area contributed by atoms with Crippen LogP contribution in [0.3, 0.4) is 0 Å². The third-order valence-electron chi connectivity index (χ3n) is 3.82.